The average molecular weight is 496 g/mol. The van der Waals surface area contributed by atoms with Crippen LogP contribution in [0.4, 0.5) is 5.69 Å². The van der Waals surface area contributed by atoms with Crippen LogP contribution in [0.25, 0.3) is 0 Å². The van der Waals surface area contributed by atoms with Crippen LogP contribution in [0, 0.1) is 0 Å². The van der Waals surface area contributed by atoms with Crippen molar-refractivity contribution in [1.29, 1.82) is 0 Å². The van der Waals surface area contributed by atoms with Crippen LogP contribution in [-0.2, 0) is 28.8 Å². The number of carboxylic acid groups (broad SMARTS) is 2. The minimum Gasteiger partial charge on any atom is -0.480 e. The molecule has 0 spiro atoms. The fourth-order valence-corrected chi connectivity index (χ4v) is 3.59. The Labute approximate surface area is 203 Å². The van der Waals surface area contributed by atoms with Crippen molar-refractivity contribution in [2.24, 2.45) is 0 Å². The van der Waals surface area contributed by atoms with Gasteiger partial charge in [0.1, 0.15) is 0 Å². The van der Waals surface area contributed by atoms with Crippen LogP contribution in [-0.4, -0.2) is 127 Å². The molecule has 1 unspecified atom stereocenters. The normalized spacial score (nSPS) is 16.0. The molecule has 1 saturated heterocycles. The van der Waals surface area contributed by atoms with Gasteiger partial charge in [0.2, 0.25) is 0 Å². The van der Waals surface area contributed by atoms with Crippen molar-refractivity contribution < 1.29 is 39.0 Å². The lowest BCUT2D eigenvalue weighted by atomic mass is 10.0. The van der Waals surface area contributed by atoms with Gasteiger partial charge in [-0.3, -0.25) is 24.3 Å². The number of nitrogen functional groups attached to an aromatic ring is 1. The van der Waals surface area contributed by atoms with Crippen molar-refractivity contribution in [2.45, 2.75) is 6.04 Å². The van der Waals surface area contributed by atoms with Gasteiger partial charge in [-0.15, -0.1) is 0 Å². The van der Waals surface area contributed by atoms with Gasteiger partial charge in [-0.05, 0) is 31.8 Å². The van der Waals surface area contributed by atoms with E-state index in [0.29, 0.717) is 26.2 Å². The highest BCUT2D eigenvalue weighted by molar-refractivity contribution is 5.69. The number of nitrogens with two attached hydrogens (primary N) is 1. The van der Waals surface area contributed by atoms with Crippen LogP contribution in [0.1, 0.15) is 11.6 Å². The SMILES string of the molecule is CN(C)C(CN1CCN(CC(=O)O)CCN(CC(=O)O)CC1)c1ccc(N)cc1.O=C=O.O=C=O. The molecule has 1 aliphatic heterocycles. The van der Waals surface area contributed by atoms with Gasteiger partial charge < -0.3 is 20.8 Å². The third-order valence-electron chi connectivity index (χ3n) is 5.29. The summed E-state index contributed by atoms with van der Waals surface area (Å²) >= 11 is 0. The molecule has 194 valence electrons. The first-order valence-electron chi connectivity index (χ1n) is 10.7. The van der Waals surface area contributed by atoms with E-state index in [1.165, 1.54) is 0 Å². The Morgan fingerprint density at radius 1 is 0.829 bits per heavy atom. The topological polar surface area (TPSA) is 182 Å². The first-order valence-corrected chi connectivity index (χ1v) is 10.7. The number of carbonyl (C=O) groups is 2. The summed E-state index contributed by atoms with van der Waals surface area (Å²) in [6.45, 7) is 4.50. The van der Waals surface area contributed by atoms with E-state index in [0.717, 1.165) is 30.9 Å². The van der Waals surface area contributed by atoms with E-state index in [9.17, 15) is 19.8 Å². The van der Waals surface area contributed by atoms with Gasteiger partial charge in [0.25, 0.3) is 0 Å². The predicted octanol–water partition coefficient (Wildman–Crippen LogP) is -1.21. The van der Waals surface area contributed by atoms with Gasteiger partial charge >= 0.3 is 24.2 Å². The summed E-state index contributed by atoms with van der Waals surface area (Å²) in [5.41, 5.74) is 7.71. The first-order chi connectivity index (χ1) is 16.6. The summed E-state index contributed by atoms with van der Waals surface area (Å²) < 4.78 is 0. The van der Waals surface area contributed by atoms with E-state index in [4.69, 9.17) is 24.9 Å². The zero-order chi connectivity index (χ0) is 26.8. The number of anilines is 1. The number of carboxylic acids is 2. The van der Waals surface area contributed by atoms with Gasteiger partial charge in [0.05, 0.1) is 13.1 Å². The van der Waals surface area contributed by atoms with Crippen molar-refractivity contribution in [3.63, 3.8) is 0 Å². The van der Waals surface area contributed by atoms with Gasteiger partial charge in [0, 0.05) is 57.5 Å². The second kappa shape index (κ2) is 18.0. The largest absolute Gasteiger partial charge is 0.480 e. The highest BCUT2D eigenvalue weighted by atomic mass is 16.4. The van der Waals surface area contributed by atoms with Crippen LogP contribution in [0.5, 0.6) is 0 Å². The van der Waals surface area contributed by atoms with E-state index in [1.807, 2.05) is 48.2 Å². The molecule has 1 heterocycles. The minimum absolute atomic E-state index is 0.0379. The molecular formula is C22H33N5O8. The predicted molar refractivity (Wildman–Crippen MR) is 122 cm³/mol. The molecule has 0 amide bonds. The summed E-state index contributed by atoms with van der Waals surface area (Å²) in [5.74, 6) is -1.73. The van der Waals surface area contributed by atoms with Crippen LogP contribution >= 0.6 is 0 Å². The number of carbonyl (C=O) groups excluding carboxylic acids is 4. The van der Waals surface area contributed by atoms with Gasteiger partial charge in [-0.1, -0.05) is 12.1 Å². The number of aliphatic carboxylic acids is 2. The Hall–Kier alpha value is -3.44. The summed E-state index contributed by atoms with van der Waals surface area (Å²) in [6, 6.07) is 8.01. The number of rotatable bonds is 8. The maximum Gasteiger partial charge on any atom is 0.373 e. The molecule has 35 heavy (non-hydrogen) atoms. The zero-order valence-corrected chi connectivity index (χ0v) is 20.0. The molecule has 1 aliphatic rings. The van der Waals surface area contributed by atoms with Crippen LogP contribution in [0.2, 0.25) is 0 Å². The summed E-state index contributed by atoms with van der Waals surface area (Å²) in [7, 11) is 4.06. The Morgan fingerprint density at radius 3 is 1.49 bits per heavy atom. The van der Waals surface area contributed by atoms with Crippen molar-refractivity contribution >= 4 is 29.9 Å². The molecule has 1 aromatic carbocycles. The lowest BCUT2D eigenvalue weighted by molar-refractivity contribution is -0.193. The van der Waals surface area contributed by atoms with Crippen LogP contribution in [0.15, 0.2) is 24.3 Å². The molecule has 1 fully saturated rings. The molecule has 0 radical (unpaired) electrons. The summed E-state index contributed by atoms with van der Waals surface area (Å²) in [4.78, 5) is 63.1. The molecule has 13 nitrogen and oxygen atoms in total. The average Bonchev–Trinajstić information content (AvgIpc) is 2.85. The van der Waals surface area contributed by atoms with Gasteiger partial charge in [-0.25, -0.2) is 0 Å². The Kier molecular flexibility index (Phi) is 16.2. The van der Waals surface area contributed by atoms with Gasteiger partial charge in [0.15, 0.2) is 0 Å². The molecule has 0 aliphatic carbocycles. The summed E-state index contributed by atoms with van der Waals surface area (Å²) in [5, 5.41) is 18.4. The molecule has 13 heteroatoms. The minimum atomic E-state index is -0.867. The molecule has 0 bridgehead atoms. The van der Waals surface area contributed by atoms with Crippen LogP contribution < -0.4 is 5.73 Å². The Morgan fingerprint density at radius 2 is 1.17 bits per heavy atom. The van der Waals surface area contributed by atoms with E-state index in [1.54, 1.807) is 0 Å². The molecule has 0 saturated carbocycles. The Bertz CT molecular complexity index is 797. The molecule has 2 rings (SSSR count). The number of nitrogens with zero attached hydrogens (tertiary/aromatic N) is 4. The van der Waals surface area contributed by atoms with E-state index in [-0.39, 0.29) is 31.4 Å². The smallest absolute Gasteiger partial charge is 0.373 e. The molecular weight excluding hydrogens is 462 g/mol. The van der Waals surface area contributed by atoms with E-state index in [2.05, 4.69) is 9.80 Å². The third kappa shape index (κ3) is 14.4. The summed E-state index contributed by atoms with van der Waals surface area (Å²) in [6.07, 6.45) is 0.500. The van der Waals surface area contributed by atoms with E-state index < -0.39 is 11.9 Å². The number of hydrogen-bond acceptors (Lipinski definition) is 11. The van der Waals surface area contributed by atoms with Crippen molar-refractivity contribution in [2.75, 3.05) is 78.7 Å². The first kappa shape index (κ1) is 31.6. The monoisotopic (exact) mass is 495 g/mol. The van der Waals surface area contributed by atoms with Crippen molar-refractivity contribution in [1.82, 2.24) is 19.6 Å². The van der Waals surface area contributed by atoms with Gasteiger partial charge in [-0.2, -0.15) is 19.2 Å². The Balaban J connectivity index is 0.00000174. The highest BCUT2D eigenvalue weighted by Crippen LogP contribution is 2.21. The quantitative estimate of drug-likeness (QED) is 0.366. The molecule has 4 N–H and O–H groups in total. The zero-order valence-electron chi connectivity index (χ0n) is 20.0. The second-order valence-corrected chi connectivity index (χ2v) is 7.95. The third-order valence-corrected chi connectivity index (χ3v) is 5.29. The number of hydrogen-bond donors (Lipinski definition) is 3. The second-order valence-electron chi connectivity index (χ2n) is 7.95. The molecule has 0 aromatic heterocycles. The standard InChI is InChI=1S/C20H33N5O4.2CO2/c1-22(2)18(16-3-5-17(21)6-4-16)13-23-7-9-24(14-19(26)27)11-12-25(10-8-23)15-20(28)29;2*2-1-3/h3-6,18H,7-15,21H2,1-2H3,(H,26,27)(H,28,29);;. The molecule has 1 atom stereocenters. The lowest BCUT2D eigenvalue weighted by Gasteiger charge is -2.32. The maximum absolute atomic E-state index is 11.2. The van der Waals surface area contributed by atoms with Crippen molar-refractivity contribution in [3.8, 4) is 0 Å². The fraction of sp³-hybridized carbons (Fsp3) is 0.545. The fourth-order valence-electron chi connectivity index (χ4n) is 3.59. The number of benzene rings is 1. The number of likely N-dealkylation sites (N-methyl/N-ethyl adjacent to an activating group) is 1. The van der Waals surface area contributed by atoms with Crippen molar-refractivity contribution in [3.05, 3.63) is 29.8 Å². The lowest BCUT2D eigenvalue weighted by Crippen LogP contribution is -2.42. The van der Waals surface area contributed by atoms with Crippen LogP contribution in [0.3, 0.4) is 0 Å². The highest BCUT2D eigenvalue weighted by Gasteiger charge is 2.23. The maximum atomic E-state index is 11.2. The molecule has 1 aromatic rings. The van der Waals surface area contributed by atoms with E-state index >= 15 is 0 Å².